The van der Waals surface area contributed by atoms with E-state index in [-0.39, 0.29) is 36.3 Å². The van der Waals surface area contributed by atoms with Crippen LogP contribution >= 0.6 is 0 Å². The zero-order chi connectivity index (χ0) is 30.3. The van der Waals surface area contributed by atoms with Crippen LogP contribution in [0.25, 0.3) is 0 Å². The quantitative estimate of drug-likeness (QED) is 0.253. The Balaban J connectivity index is 2.11. The van der Waals surface area contributed by atoms with Gasteiger partial charge in [0, 0.05) is 31.1 Å². The van der Waals surface area contributed by atoms with Gasteiger partial charge in [0.05, 0.1) is 16.9 Å². The van der Waals surface area contributed by atoms with Gasteiger partial charge in [0.15, 0.2) is 0 Å². The summed E-state index contributed by atoms with van der Waals surface area (Å²) in [6, 6.07) is 19.5. The van der Waals surface area contributed by atoms with Crippen LogP contribution in [0.1, 0.15) is 36.1 Å². The third-order valence-corrected chi connectivity index (χ3v) is 7.62. The molecule has 0 spiro atoms. The number of benzene rings is 3. The minimum absolute atomic E-state index is 0.0248. The predicted molar refractivity (Wildman–Crippen MR) is 159 cm³/mol. The van der Waals surface area contributed by atoms with E-state index in [0.717, 1.165) is 33.3 Å². The fraction of sp³-hybridized carbons (Fsp3) is 0.333. The lowest BCUT2D eigenvalue weighted by molar-refractivity contribution is -0.384. The van der Waals surface area contributed by atoms with Crippen molar-refractivity contribution in [3.05, 3.63) is 105 Å². The summed E-state index contributed by atoms with van der Waals surface area (Å²) in [5.41, 5.74) is 2.72. The van der Waals surface area contributed by atoms with Crippen molar-refractivity contribution in [1.29, 1.82) is 0 Å². The molecular formula is C30H36N4O6S. The molecule has 0 aromatic heterocycles. The Labute approximate surface area is 241 Å². The maximum Gasteiger partial charge on any atom is 0.271 e. The molecular weight excluding hydrogens is 544 g/mol. The monoisotopic (exact) mass is 580 g/mol. The first-order valence-corrected chi connectivity index (χ1v) is 15.0. The lowest BCUT2D eigenvalue weighted by Gasteiger charge is -2.34. The van der Waals surface area contributed by atoms with Gasteiger partial charge in [-0.1, -0.05) is 66.2 Å². The number of rotatable bonds is 12. The third-order valence-electron chi connectivity index (χ3n) is 6.49. The van der Waals surface area contributed by atoms with Crippen LogP contribution in [0, 0.1) is 24.0 Å². The molecule has 3 aromatic rings. The molecule has 11 heteroatoms. The molecule has 0 aliphatic rings. The summed E-state index contributed by atoms with van der Waals surface area (Å²) < 4.78 is 26.8. The van der Waals surface area contributed by atoms with Crippen molar-refractivity contribution in [2.75, 3.05) is 17.1 Å². The molecule has 1 atom stereocenters. The van der Waals surface area contributed by atoms with E-state index in [1.54, 1.807) is 6.92 Å². The van der Waals surface area contributed by atoms with E-state index >= 15 is 0 Å². The van der Waals surface area contributed by atoms with Gasteiger partial charge >= 0.3 is 0 Å². The number of nitro benzene ring substituents is 1. The minimum Gasteiger partial charge on any atom is -0.352 e. The SMILES string of the molecule is Cc1cccc(CN(C(=O)CN(c2cc([N+](=O)[O-])ccc2C)S(C)(=O)=O)[C@H](Cc2ccccc2)C(=O)NC(C)C)c1. The van der Waals surface area contributed by atoms with E-state index in [1.165, 1.54) is 17.0 Å². The molecule has 0 aliphatic heterocycles. The Morgan fingerprint density at radius 1 is 0.951 bits per heavy atom. The molecule has 218 valence electrons. The zero-order valence-electron chi connectivity index (χ0n) is 23.9. The van der Waals surface area contributed by atoms with Gasteiger partial charge in [-0.25, -0.2) is 8.42 Å². The molecule has 10 nitrogen and oxygen atoms in total. The van der Waals surface area contributed by atoms with Crippen molar-refractivity contribution in [2.45, 2.75) is 52.7 Å². The molecule has 0 fully saturated rings. The number of sulfonamides is 1. The Morgan fingerprint density at radius 2 is 1.61 bits per heavy atom. The van der Waals surface area contributed by atoms with Crippen LogP contribution in [0.3, 0.4) is 0 Å². The van der Waals surface area contributed by atoms with Gasteiger partial charge in [-0.2, -0.15) is 0 Å². The summed E-state index contributed by atoms with van der Waals surface area (Å²) in [7, 11) is -4.05. The van der Waals surface area contributed by atoms with Gasteiger partial charge in [0.25, 0.3) is 5.69 Å². The highest BCUT2D eigenvalue weighted by Crippen LogP contribution is 2.28. The molecule has 0 heterocycles. The van der Waals surface area contributed by atoms with Crippen molar-refractivity contribution in [2.24, 2.45) is 0 Å². The fourth-order valence-electron chi connectivity index (χ4n) is 4.52. The van der Waals surface area contributed by atoms with Crippen LogP contribution in [0.2, 0.25) is 0 Å². The Hall–Kier alpha value is -4.25. The lowest BCUT2D eigenvalue weighted by atomic mass is 10.0. The van der Waals surface area contributed by atoms with Gasteiger partial charge in [-0.15, -0.1) is 0 Å². The summed E-state index contributed by atoms with van der Waals surface area (Å²) in [5, 5.41) is 14.3. The van der Waals surface area contributed by atoms with Crippen molar-refractivity contribution >= 4 is 33.2 Å². The van der Waals surface area contributed by atoms with Gasteiger partial charge in [-0.05, 0) is 44.4 Å². The van der Waals surface area contributed by atoms with Gasteiger partial charge in [0.1, 0.15) is 12.6 Å². The Bertz CT molecular complexity index is 1510. The standard InChI is InChI=1S/C30H36N4O6S/c1-21(2)31-30(36)28(17-24-11-7-6-8-12-24)32(19-25-13-9-10-22(3)16-25)29(35)20-33(41(5,39)40)27-18-26(34(37)38)15-14-23(27)4/h6-16,18,21,28H,17,19-20H2,1-5H3,(H,31,36)/t28-/m1/s1. The van der Waals surface area contributed by atoms with Crippen molar-refractivity contribution in [3.63, 3.8) is 0 Å². The maximum absolute atomic E-state index is 14.1. The number of anilines is 1. The first-order valence-electron chi connectivity index (χ1n) is 13.2. The summed E-state index contributed by atoms with van der Waals surface area (Å²) >= 11 is 0. The van der Waals surface area contributed by atoms with Crippen LogP contribution in [0.4, 0.5) is 11.4 Å². The summed E-state index contributed by atoms with van der Waals surface area (Å²) in [6.45, 7) is 6.57. The first kappa shape index (κ1) is 31.3. The number of hydrogen-bond acceptors (Lipinski definition) is 6. The molecule has 2 amide bonds. The van der Waals surface area contributed by atoms with Gasteiger partial charge < -0.3 is 10.2 Å². The maximum atomic E-state index is 14.1. The normalized spacial score (nSPS) is 12.0. The lowest BCUT2D eigenvalue weighted by Crippen LogP contribution is -2.54. The molecule has 3 rings (SSSR count). The molecule has 0 aliphatic carbocycles. The molecule has 0 saturated heterocycles. The van der Waals surface area contributed by atoms with Crippen LogP contribution in [0.15, 0.2) is 72.8 Å². The second-order valence-corrected chi connectivity index (χ2v) is 12.3. The molecule has 0 saturated carbocycles. The Morgan fingerprint density at radius 3 is 2.20 bits per heavy atom. The van der Waals surface area contributed by atoms with E-state index in [0.29, 0.717) is 5.56 Å². The average Bonchev–Trinajstić information content (AvgIpc) is 2.89. The number of carbonyl (C=O) groups excluding carboxylic acids is 2. The molecule has 0 unspecified atom stereocenters. The second kappa shape index (κ2) is 13.4. The molecule has 41 heavy (non-hydrogen) atoms. The summed E-state index contributed by atoms with van der Waals surface area (Å²) in [4.78, 5) is 39.9. The van der Waals surface area contributed by atoms with Crippen molar-refractivity contribution < 1.29 is 22.9 Å². The number of nitro groups is 1. The van der Waals surface area contributed by atoms with E-state index in [4.69, 9.17) is 0 Å². The van der Waals surface area contributed by atoms with E-state index in [2.05, 4.69) is 5.32 Å². The number of nitrogens with one attached hydrogen (secondary N) is 1. The number of aryl methyl sites for hydroxylation is 2. The number of hydrogen-bond donors (Lipinski definition) is 1. The third kappa shape index (κ3) is 8.62. The number of amides is 2. The summed E-state index contributed by atoms with van der Waals surface area (Å²) in [5.74, 6) is -0.995. The minimum atomic E-state index is -4.05. The first-order chi connectivity index (χ1) is 19.3. The highest BCUT2D eigenvalue weighted by Gasteiger charge is 2.34. The Kier molecular flexibility index (Phi) is 10.2. The van der Waals surface area contributed by atoms with Gasteiger partial charge in [-0.3, -0.25) is 24.0 Å². The molecule has 1 N–H and O–H groups in total. The smallest absolute Gasteiger partial charge is 0.271 e. The molecule has 0 bridgehead atoms. The molecule has 0 radical (unpaired) electrons. The van der Waals surface area contributed by atoms with E-state index in [9.17, 15) is 28.1 Å². The van der Waals surface area contributed by atoms with E-state index < -0.39 is 33.4 Å². The largest absolute Gasteiger partial charge is 0.352 e. The second-order valence-electron chi connectivity index (χ2n) is 10.4. The topological polar surface area (TPSA) is 130 Å². The average molecular weight is 581 g/mol. The van der Waals surface area contributed by atoms with Crippen LogP contribution in [-0.4, -0.2) is 54.9 Å². The number of nitrogens with zero attached hydrogens (tertiary/aromatic N) is 3. The summed E-state index contributed by atoms with van der Waals surface area (Å²) in [6.07, 6.45) is 1.14. The van der Waals surface area contributed by atoms with Crippen LogP contribution in [0.5, 0.6) is 0 Å². The molecule has 3 aromatic carbocycles. The van der Waals surface area contributed by atoms with Crippen molar-refractivity contribution in [1.82, 2.24) is 10.2 Å². The fourth-order valence-corrected chi connectivity index (χ4v) is 5.42. The van der Waals surface area contributed by atoms with Gasteiger partial charge in [0.2, 0.25) is 21.8 Å². The predicted octanol–water partition coefficient (Wildman–Crippen LogP) is 4.14. The highest BCUT2D eigenvalue weighted by molar-refractivity contribution is 7.92. The number of carbonyl (C=O) groups is 2. The number of non-ortho nitro benzene ring substituents is 1. The van der Waals surface area contributed by atoms with Crippen LogP contribution < -0.4 is 9.62 Å². The van der Waals surface area contributed by atoms with Crippen LogP contribution in [-0.2, 0) is 32.6 Å². The zero-order valence-corrected chi connectivity index (χ0v) is 24.7. The van der Waals surface area contributed by atoms with Crippen molar-refractivity contribution in [3.8, 4) is 0 Å². The van der Waals surface area contributed by atoms with E-state index in [1.807, 2.05) is 75.4 Å². The highest BCUT2D eigenvalue weighted by atomic mass is 32.2.